The number of benzene rings is 2. The van der Waals surface area contributed by atoms with E-state index in [0.717, 1.165) is 24.3 Å². The van der Waals surface area contributed by atoms with Crippen LogP contribution in [-0.4, -0.2) is 17.0 Å². The standard InChI is InChI=1S/C19H18F3NO3/c1-19(18(25)26,13-6-8-14(20)9-7-13)23-17(24)4-2-3-12-5-10-15(21)16(22)11-12/h5-11H,2-4H2,1H3,(H,23,24)(H,25,26). The third-order valence-corrected chi connectivity index (χ3v) is 4.09. The summed E-state index contributed by atoms with van der Waals surface area (Å²) in [6, 6.07) is 8.33. The van der Waals surface area contributed by atoms with Crippen molar-refractivity contribution in [2.24, 2.45) is 0 Å². The highest BCUT2D eigenvalue weighted by Gasteiger charge is 2.36. The number of carbonyl (C=O) groups excluding carboxylic acids is 1. The Balaban J connectivity index is 1.98. The summed E-state index contributed by atoms with van der Waals surface area (Å²) >= 11 is 0. The first-order valence-electron chi connectivity index (χ1n) is 7.97. The second-order valence-corrected chi connectivity index (χ2v) is 6.09. The van der Waals surface area contributed by atoms with Crippen molar-refractivity contribution in [3.05, 3.63) is 71.0 Å². The monoisotopic (exact) mass is 365 g/mol. The van der Waals surface area contributed by atoms with E-state index < -0.39 is 34.9 Å². The van der Waals surface area contributed by atoms with Gasteiger partial charge in [0.1, 0.15) is 5.82 Å². The van der Waals surface area contributed by atoms with Gasteiger partial charge in [0.2, 0.25) is 5.91 Å². The number of hydrogen-bond donors (Lipinski definition) is 2. The quantitative estimate of drug-likeness (QED) is 0.789. The van der Waals surface area contributed by atoms with Crippen molar-refractivity contribution in [1.29, 1.82) is 0 Å². The smallest absolute Gasteiger partial charge is 0.333 e. The second kappa shape index (κ2) is 8.03. The van der Waals surface area contributed by atoms with E-state index in [2.05, 4.69) is 5.32 Å². The minimum absolute atomic E-state index is 0.00304. The van der Waals surface area contributed by atoms with Gasteiger partial charge < -0.3 is 10.4 Å². The zero-order valence-electron chi connectivity index (χ0n) is 14.1. The van der Waals surface area contributed by atoms with Gasteiger partial charge in [0.25, 0.3) is 0 Å². The molecule has 1 atom stereocenters. The predicted octanol–water partition coefficient (Wildman–Crippen LogP) is 3.54. The van der Waals surface area contributed by atoms with E-state index in [1.54, 1.807) is 0 Å². The van der Waals surface area contributed by atoms with Gasteiger partial charge in [0, 0.05) is 6.42 Å². The van der Waals surface area contributed by atoms with Crippen LogP contribution in [0, 0.1) is 17.5 Å². The molecule has 2 N–H and O–H groups in total. The van der Waals surface area contributed by atoms with Crippen molar-refractivity contribution in [2.75, 3.05) is 0 Å². The lowest BCUT2D eigenvalue weighted by Crippen LogP contribution is -2.49. The average Bonchev–Trinajstić information content (AvgIpc) is 2.58. The molecule has 0 saturated heterocycles. The molecule has 2 rings (SSSR count). The van der Waals surface area contributed by atoms with Crippen LogP contribution >= 0.6 is 0 Å². The summed E-state index contributed by atoms with van der Waals surface area (Å²) in [6.07, 6.45) is 0.671. The lowest BCUT2D eigenvalue weighted by Gasteiger charge is -2.27. The van der Waals surface area contributed by atoms with Crippen LogP contribution < -0.4 is 5.32 Å². The number of aliphatic carboxylic acids is 1. The number of amides is 1. The molecule has 7 heteroatoms. The van der Waals surface area contributed by atoms with Gasteiger partial charge in [0.15, 0.2) is 17.2 Å². The van der Waals surface area contributed by atoms with Crippen molar-refractivity contribution < 1.29 is 27.9 Å². The molecule has 0 bridgehead atoms. The highest BCUT2D eigenvalue weighted by atomic mass is 19.2. The molecule has 0 saturated carbocycles. The number of carboxylic acid groups (broad SMARTS) is 1. The molecule has 0 aliphatic heterocycles. The summed E-state index contributed by atoms with van der Waals surface area (Å²) in [5.74, 6) is -4.20. The molecule has 1 unspecified atom stereocenters. The number of carboxylic acids is 1. The summed E-state index contributed by atoms with van der Waals surface area (Å²) in [7, 11) is 0. The molecule has 0 spiro atoms. The SMILES string of the molecule is CC(NC(=O)CCCc1ccc(F)c(F)c1)(C(=O)O)c1ccc(F)cc1. The maximum Gasteiger partial charge on any atom is 0.333 e. The number of halogens is 3. The van der Waals surface area contributed by atoms with Crippen molar-refractivity contribution in [2.45, 2.75) is 31.7 Å². The Bertz CT molecular complexity index is 808. The summed E-state index contributed by atoms with van der Waals surface area (Å²) in [4.78, 5) is 23.8. The van der Waals surface area contributed by atoms with Crippen LogP contribution in [0.1, 0.15) is 30.9 Å². The van der Waals surface area contributed by atoms with Gasteiger partial charge in [-0.2, -0.15) is 0 Å². The van der Waals surface area contributed by atoms with E-state index in [1.165, 1.54) is 25.1 Å². The highest BCUT2D eigenvalue weighted by Crippen LogP contribution is 2.22. The van der Waals surface area contributed by atoms with Crippen LogP contribution in [0.25, 0.3) is 0 Å². The van der Waals surface area contributed by atoms with Crippen molar-refractivity contribution in [3.8, 4) is 0 Å². The Hall–Kier alpha value is -2.83. The molecule has 26 heavy (non-hydrogen) atoms. The van der Waals surface area contributed by atoms with Crippen molar-refractivity contribution in [3.63, 3.8) is 0 Å². The lowest BCUT2D eigenvalue weighted by atomic mass is 9.91. The number of carbonyl (C=O) groups is 2. The predicted molar refractivity (Wildman–Crippen MR) is 88.8 cm³/mol. The van der Waals surface area contributed by atoms with Crippen LogP contribution in [0.15, 0.2) is 42.5 Å². The Morgan fingerprint density at radius 3 is 2.27 bits per heavy atom. The summed E-state index contributed by atoms with van der Waals surface area (Å²) < 4.78 is 39.1. The molecule has 4 nitrogen and oxygen atoms in total. The van der Waals surface area contributed by atoms with Gasteiger partial charge in [0.05, 0.1) is 0 Å². The maximum absolute atomic E-state index is 13.1. The Labute approximate surface area is 148 Å². The molecular formula is C19H18F3NO3. The molecule has 0 fully saturated rings. The Morgan fingerprint density at radius 1 is 1.04 bits per heavy atom. The fraction of sp³-hybridized carbons (Fsp3) is 0.263. The molecule has 0 aliphatic rings. The zero-order valence-corrected chi connectivity index (χ0v) is 14.1. The van der Waals surface area contributed by atoms with E-state index in [1.807, 2.05) is 0 Å². The van der Waals surface area contributed by atoms with Gasteiger partial charge >= 0.3 is 5.97 Å². The van der Waals surface area contributed by atoms with Gasteiger partial charge in [-0.3, -0.25) is 4.79 Å². The second-order valence-electron chi connectivity index (χ2n) is 6.09. The van der Waals surface area contributed by atoms with Gasteiger partial charge in [-0.25, -0.2) is 18.0 Å². The number of aryl methyl sites for hydroxylation is 1. The normalized spacial score (nSPS) is 13.1. The van der Waals surface area contributed by atoms with E-state index in [-0.39, 0.29) is 12.0 Å². The largest absolute Gasteiger partial charge is 0.479 e. The highest BCUT2D eigenvalue weighted by molar-refractivity contribution is 5.87. The molecule has 0 aromatic heterocycles. The number of rotatable bonds is 7. The first-order chi connectivity index (χ1) is 12.2. The van der Waals surface area contributed by atoms with E-state index in [4.69, 9.17) is 0 Å². The molecule has 1 amide bonds. The first-order valence-corrected chi connectivity index (χ1v) is 7.97. The van der Waals surface area contributed by atoms with Crippen molar-refractivity contribution >= 4 is 11.9 Å². The van der Waals surface area contributed by atoms with Crippen LogP contribution in [0.5, 0.6) is 0 Å². The summed E-state index contributed by atoms with van der Waals surface area (Å²) in [5.41, 5.74) is -0.927. The molecular weight excluding hydrogens is 347 g/mol. The lowest BCUT2D eigenvalue weighted by molar-refractivity contribution is -0.147. The van der Waals surface area contributed by atoms with Gasteiger partial charge in [-0.05, 0) is 55.2 Å². The van der Waals surface area contributed by atoms with Crippen LogP contribution in [0.3, 0.4) is 0 Å². The molecule has 0 aliphatic carbocycles. The molecule has 0 heterocycles. The van der Waals surface area contributed by atoms with Crippen LogP contribution in [-0.2, 0) is 21.5 Å². The fourth-order valence-corrected chi connectivity index (χ4v) is 2.52. The van der Waals surface area contributed by atoms with E-state index in [0.29, 0.717) is 18.4 Å². The van der Waals surface area contributed by atoms with Crippen molar-refractivity contribution in [1.82, 2.24) is 5.32 Å². The molecule has 2 aromatic carbocycles. The fourth-order valence-electron chi connectivity index (χ4n) is 2.52. The third kappa shape index (κ3) is 4.62. The van der Waals surface area contributed by atoms with Crippen LogP contribution in [0.4, 0.5) is 13.2 Å². The van der Waals surface area contributed by atoms with Crippen LogP contribution in [0.2, 0.25) is 0 Å². The summed E-state index contributed by atoms with van der Waals surface area (Å²) in [6.45, 7) is 1.32. The number of nitrogens with one attached hydrogen (secondary N) is 1. The topological polar surface area (TPSA) is 66.4 Å². The molecule has 138 valence electrons. The molecule has 0 radical (unpaired) electrons. The van der Waals surface area contributed by atoms with Gasteiger partial charge in [-0.1, -0.05) is 18.2 Å². The summed E-state index contributed by atoms with van der Waals surface area (Å²) in [5, 5.41) is 11.9. The average molecular weight is 365 g/mol. The minimum Gasteiger partial charge on any atom is -0.479 e. The minimum atomic E-state index is -1.70. The third-order valence-electron chi connectivity index (χ3n) is 4.09. The number of hydrogen-bond acceptors (Lipinski definition) is 2. The van der Waals surface area contributed by atoms with Gasteiger partial charge in [-0.15, -0.1) is 0 Å². The Kier molecular flexibility index (Phi) is 6.02. The zero-order chi connectivity index (χ0) is 19.3. The molecule has 2 aromatic rings. The van der Waals surface area contributed by atoms with E-state index >= 15 is 0 Å². The Morgan fingerprint density at radius 2 is 1.69 bits per heavy atom. The van der Waals surface area contributed by atoms with E-state index in [9.17, 15) is 27.9 Å². The first kappa shape index (κ1) is 19.5. The maximum atomic E-state index is 13.1.